The van der Waals surface area contributed by atoms with Gasteiger partial charge in [0.15, 0.2) is 0 Å². The van der Waals surface area contributed by atoms with E-state index in [1.165, 1.54) is 5.39 Å². The van der Waals surface area contributed by atoms with Crippen molar-refractivity contribution in [2.24, 2.45) is 0 Å². The van der Waals surface area contributed by atoms with E-state index in [1.54, 1.807) is 0 Å². The van der Waals surface area contributed by atoms with Crippen molar-refractivity contribution in [3.05, 3.63) is 54.6 Å². The molecule has 0 bridgehead atoms. The van der Waals surface area contributed by atoms with E-state index >= 15 is 0 Å². The van der Waals surface area contributed by atoms with Crippen LogP contribution in [-0.4, -0.2) is 11.6 Å². The first-order valence-electron chi connectivity index (χ1n) is 6.68. The molecule has 0 aliphatic heterocycles. The Morgan fingerprint density at radius 3 is 2.74 bits per heavy atom. The number of para-hydroxylation sites is 1. The van der Waals surface area contributed by atoms with Crippen molar-refractivity contribution in [3.8, 4) is 17.0 Å². The first-order chi connectivity index (χ1) is 9.36. The Bertz CT molecular complexity index is 651. The first kappa shape index (κ1) is 11.8. The van der Waals surface area contributed by atoms with Crippen molar-refractivity contribution in [3.63, 3.8) is 0 Å². The summed E-state index contributed by atoms with van der Waals surface area (Å²) in [6.07, 6.45) is 1.02. The van der Waals surface area contributed by atoms with E-state index in [1.807, 2.05) is 18.2 Å². The van der Waals surface area contributed by atoms with Gasteiger partial charge in [-0.3, -0.25) is 0 Å². The van der Waals surface area contributed by atoms with Gasteiger partial charge in [0.1, 0.15) is 5.75 Å². The highest BCUT2D eigenvalue weighted by Crippen LogP contribution is 2.26. The average Bonchev–Trinajstić information content (AvgIpc) is 2.89. The minimum atomic E-state index is 0.760. The first-order valence-corrected chi connectivity index (χ1v) is 6.68. The predicted molar refractivity (Wildman–Crippen MR) is 79.5 cm³/mol. The number of hydrogen-bond donors (Lipinski definition) is 1. The lowest BCUT2D eigenvalue weighted by molar-refractivity contribution is 0.317. The van der Waals surface area contributed by atoms with Gasteiger partial charge < -0.3 is 9.72 Å². The normalized spacial score (nSPS) is 10.8. The summed E-state index contributed by atoms with van der Waals surface area (Å²) in [6, 6.07) is 18.7. The summed E-state index contributed by atoms with van der Waals surface area (Å²) < 4.78 is 5.68. The van der Waals surface area contributed by atoms with E-state index in [0.29, 0.717) is 0 Å². The molecule has 1 heterocycles. The number of H-pyrrole nitrogens is 1. The maximum Gasteiger partial charge on any atom is 0.119 e. The van der Waals surface area contributed by atoms with Crippen molar-refractivity contribution in [1.82, 2.24) is 4.98 Å². The Morgan fingerprint density at radius 2 is 1.89 bits per heavy atom. The summed E-state index contributed by atoms with van der Waals surface area (Å²) in [6.45, 7) is 2.87. The second kappa shape index (κ2) is 5.19. The molecule has 0 aliphatic rings. The molecule has 2 heteroatoms. The Kier molecular flexibility index (Phi) is 3.23. The number of rotatable bonds is 4. The molecular formula is C17H17NO. The van der Waals surface area contributed by atoms with Gasteiger partial charge in [-0.15, -0.1) is 0 Å². The highest BCUT2D eigenvalue weighted by Gasteiger charge is 2.04. The van der Waals surface area contributed by atoms with Gasteiger partial charge >= 0.3 is 0 Å². The summed E-state index contributed by atoms with van der Waals surface area (Å²) in [4.78, 5) is 3.44. The molecule has 0 saturated heterocycles. The molecule has 0 aliphatic carbocycles. The number of nitrogens with one attached hydrogen (secondary N) is 1. The fraction of sp³-hybridized carbons (Fsp3) is 0.176. The zero-order valence-electron chi connectivity index (χ0n) is 11.0. The topological polar surface area (TPSA) is 25.0 Å². The van der Waals surface area contributed by atoms with Crippen LogP contribution in [0.25, 0.3) is 22.2 Å². The lowest BCUT2D eigenvalue weighted by Gasteiger charge is -2.05. The molecule has 0 saturated carbocycles. The fourth-order valence-electron chi connectivity index (χ4n) is 2.20. The fourth-order valence-corrected chi connectivity index (χ4v) is 2.20. The number of aromatic amines is 1. The second-order valence-electron chi connectivity index (χ2n) is 4.65. The molecular weight excluding hydrogens is 234 g/mol. The van der Waals surface area contributed by atoms with Gasteiger partial charge in [-0.1, -0.05) is 37.3 Å². The molecule has 96 valence electrons. The third-order valence-corrected chi connectivity index (χ3v) is 3.15. The van der Waals surface area contributed by atoms with E-state index in [-0.39, 0.29) is 0 Å². The van der Waals surface area contributed by atoms with E-state index in [4.69, 9.17) is 4.74 Å². The van der Waals surface area contributed by atoms with Gasteiger partial charge in [0.2, 0.25) is 0 Å². The molecule has 3 rings (SSSR count). The lowest BCUT2D eigenvalue weighted by Crippen LogP contribution is -1.94. The molecule has 0 radical (unpaired) electrons. The van der Waals surface area contributed by atoms with Crippen LogP contribution in [0.1, 0.15) is 13.3 Å². The number of aromatic nitrogens is 1. The molecule has 0 atom stereocenters. The van der Waals surface area contributed by atoms with Gasteiger partial charge in [0.05, 0.1) is 6.61 Å². The Balaban J connectivity index is 1.96. The van der Waals surface area contributed by atoms with Crippen LogP contribution in [0.3, 0.4) is 0 Å². The molecule has 2 nitrogen and oxygen atoms in total. The molecule has 19 heavy (non-hydrogen) atoms. The van der Waals surface area contributed by atoms with Crippen molar-refractivity contribution in [2.45, 2.75) is 13.3 Å². The van der Waals surface area contributed by atoms with Gasteiger partial charge in [0.25, 0.3) is 0 Å². The molecule has 1 N–H and O–H groups in total. The van der Waals surface area contributed by atoms with Crippen LogP contribution in [0.4, 0.5) is 0 Å². The monoisotopic (exact) mass is 251 g/mol. The van der Waals surface area contributed by atoms with Crippen LogP contribution < -0.4 is 4.74 Å². The zero-order chi connectivity index (χ0) is 13.1. The summed E-state index contributed by atoms with van der Waals surface area (Å²) in [5.74, 6) is 0.929. The van der Waals surface area contributed by atoms with Crippen molar-refractivity contribution >= 4 is 10.9 Å². The summed E-state index contributed by atoms with van der Waals surface area (Å²) in [7, 11) is 0. The Hall–Kier alpha value is -2.22. The minimum absolute atomic E-state index is 0.760. The van der Waals surface area contributed by atoms with Crippen molar-refractivity contribution in [1.29, 1.82) is 0 Å². The summed E-state index contributed by atoms with van der Waals surface area (Å²) >= 11 is 0. The van der Waals surface area contributed by atoms with Gasteiger partial charge in [-0.05, 0) is 30.7 Å². The number of hydrogen-bond acceptors (Lipinski definition) is 1. The SMILES string of the molecule is CCCOc1cccc(-c2cc3ccccc3[nH]2)c1. The van der Waals surface area contributed by atoms with Gasteiger partial charge in [-0.25, -0.2) is 0 Å². The van der Waals surface area contributed by atoms with Crippen LogP contribution in [0.2, 0.25) is 0 Å². The summed E-state index contributed by atoms with van der Waals surface area (Å²) in [5.41, 5.74) is 3.45. The number of ether oxygens (including phenoxy) is 1. The van der Waals surface area contributed by atoms with Gasteiger partial charge in [-0.2, -0.15) is 0 Å². The molecule has 1 aromatic heterocycles. The summed E-state index contributed by atoms with van der Waals surface area (Å²) in [5, 5.41) is 1.23. The quantitative estimate of drug-likeness (QED) is 0.718. The molecule has 0 unspecified atom stereocenters. The third kappa shape index (κ3) is 2.48. The van der Waals surface area contributed by atoms with Crippen LogP contribution in [-0.2, 0) is 0 Å². The van der Waals surface area contributed by atoms with E-state index in [2.05, 4.69) is 48.3 Å². The third-order valence-electron chi connectivity index (χ3n) is 3.15. The molecule has 0 amide bonds. The standard InChI is InChI=1S/C17H17NO/c1-2-10-19-15-8-5-7-13(11-15)17-12-14-6-3-4-9-16(14)18-17/h3-9,11-12,18H,2,10H2,1H3. The second-order valence-corrected chi connectivity index (χ2v) is 4.65. The highest BCUT2D eigenvalue weighted by atomic mass is 16.5. The van der Waals surface area contributed by atoms with Crippen molar-refractivity contribution < 1.29 is 4.74 Å². The molecule has 2 aromatic carbocycles. The Morgan fingerprint density at radius 1 is 1.00 bits per heavy atom. The average molecular weight is 251 g/mol. The van der Waals surface area contributed by atoms with E-state index < -0.39 is 0 Å². The van der Waals surface area contributed by atoms with Crippen LogP contribution in [0.15, 0.2) is 54.6 Å². The molecule has 3 aromatic rings. The highest BCUT2D eigenvalue weighted by molar-refractivity contribution is 5.85. The van der Waals surface area contributed by atoms with Crippen LogP contribution in [0, 0.1) is 0 Å². The Labute approximate surface area is 113 Å². The van der Waals surface area contributed by atoms with E-state index in [9.17, 15) is 0 Å². The maximum absolute atomic E-state index is 5.68. The minimum Gasteiger partial charge on any atom is -0.494 e. The molecule has 0 fully saturated rings. The zero-order valence-corrected chi connectivity index (χ0v) is 11.0. The largest absolute Gasteiger partial charge is 0.494 e. The number of benzene rings is 2. The van der Waals surface area contributed by atoms with Gasteiger partial charge in [0, 0.05) is 22.2 Å². The predicted octanol–water partition coefficient (Wildman–Crippen LogP) is 4.62. The molecule has 0 spiro atoms. The van der Waals surface area contributed by atoms with E-state index in [0.717, 1.165) is 35.6 Å². The maximum atomic E-state index is 5.68. The van der Waals surface area contributed by atoms with Crippen LogP contribution >= 0.6 is 0 Å². The van der Waals surface area contributed by atoms with Crippen molar-refractivity contribution in [2.75, 3.05) is 6.61 Å². The number of fused-ring (bicyclic) bond motifs is 1. The van der Waals surface area contributed by atoms with Crippen LogP contribution in [0.5, 0.6) is 5.75 Å². The lowest BCUT2D eigenvalue weighted by atomic mass is 10.1. The smallest absolute Gasteiger partial charge is 0.119 e.